The molecule has 2 N–H and O–H groups in total. The summed E-state index contributed by atoms with van der Waals surface area (Å²) in [5.74, 6) is 0. The molecule has 32 heavy (non-hydrogen) atoms. The number of nitrogens with zero attached hydrogens (tertiary/aromatic N) is 3. The van der Waals surface area contributed by atoms with Crippen molar-refractivity contribution in [3.05, 3.63) is 63.6 Å². The highest BCUT2D eigenvalue weighted by molar-refractivity contribution is 6.35. The Hall–Kier alpha value is -2.30. The lowest BCUT2D eigenvalue weighted by Gasteiger charge is -2.41. The number of carbonyl (C=O) groups excluding carboxylic acids is 1. The zero-order valence-corrected chi connectivity index (χ0v) is 19.8. The normalized spacial score (nSPS) is 20.6. The van der Waals surface area contributed by atoms with Gasteiger partial charge in [-0.2, -0.15) is 5.26 Å². The van der Waals surface area contributed by atoms with Crippen molar-refractivity contribution >= 4 is 34.9 Å². The molecule has 8 heteroatoms. The van der Waals surface area contributed by atoms with Gasteiger partial charge in [0.25, 0.3) is 0 Å². The van der Waals surface area contributed by atoms with Gasteiger partial charge in [-0.25, -0.2) is 4.79 Å². The van der Waals surface area contributed by atoms with Gasteiger partial charge in [0.05, 0.1) is 17.2 Å². The second-order valence-corrected chi connectivity index (χ2v) is 9.41. The maximum absolute atomic E-state index is 13.2. The second kappa shape index (κ2) is 10.5. The zero-order chi connectivity index (χ0) is 23.3. The van der Waals surface area contributed by atoms with Gasteiger partial charge in [-0.1, -0.05) is 35.3 Å². The number of nitriles is 1. The van der Waals surface area contributed by atoms with E-state index in [1.165, 1.54) is 0 Å². The van der Waals surface area contributed by atoms with Crippen molar-refractivity contribution in [2.75, 3.05) is 32.5 Å². The van der Waals surface area contributed by atoms with Gasteiger partial charge >= 0.3 is 6.03 Å². The maximum atomic E-state index is 13.2. The minimum Gasteiger partial charge on any atom is -0.385 e. The number of carbonyl (C=O) groups is 1. The van der Waals surface area contributed by atoms with Gasteiger partial charge in [0.15, 0.2) is 0 Å². The van der Waals surface area contributed by atoms with Crippen molar-refractivity contribution in [1.82, 2.24) is 9.80 Å². The van der Waals surface area contributed by atoms with Crippen LogP contribution >= 0.6 is 23.2 Å². The Kier molecular flexibility index (Phi) is 8.02. The molecule has 0 bridgehead atoms. The Morgan fingerprint density at radius 3 is 2.41 bits per heavy atom. The first-order valence-corrected chi connectivity index (χ1v) is 11.4. The number of nitrogens with one attached hydrogen (secondary N) is 1. The van der Waals surface area contributed by atoms with E-state index in [0.29, 0.717) is 60.1 Å². The quantitative estimate of drug-likeness (QED) is 0.610. The molecule has 0 atom stereocenters. The average molecular weight is 475 g/mol. The molecule has 170 valence electrons. The molecule has 2 aromatic carbocycles. The van der Waals surface area contributed by atoms with E-state index >= 15 is 0 Å². The van der Waals surface area contributed by atoms with Crippen LogP contribution in [0.25, 0.3) is 0 Å². The molecule has 0 spiro atoms. The van der Waals surface area contributed by atoms with E-state index in [9.17, 15) is 15.2 Å². The lowest BCUT2D eigenvalue weighted by Crippen LogP contribution is -2.49. The number of halogens is 2. The summed E-state index contributed by atoms with van der Waals surface area (Å²) >= 11 is 12.1. The fraction of sp³-hybridized carbons (Fsp3) is 0.417. The largest absolute Gasteiger partial charge is 0.385 e. The predicted octanol–water partition coefficient (Wildman–Crippen LogP) is 5.09. The first kappa shape index (κ1) is 24.3. The summed E-state index contributed by atoms with van der Waals surface area (Å²) < 4.78 is 0. The van der Waals surface area contributed by atoms with E-state index in [1.54, 1.807) is 36.4 Å². The van der Waals surface area contributed by atoms with Crippen molar-refractivity contribution in [2.45, 2.75) is 37.3 Å². The van der Waals surface area contributed by atoms with E-state index in [1.807, 2.05) is 30.0 Å². The van der Waals surface area contributed by atoms with Crippen LogP contribution in [0.3, 0.4) is 0 Å². The molecule has 0 unspecified atom stereocenters. The number of hydrogen-bond donors (Lipinski definition) is 2. The summed E-state index contributed by atoms with van der Waals surface area (Å²) in [4.78, 5) is 17.0. The Balaban J connectivity index is 1.73. The Labute approximate surface area is 199 Å². The molecule has 1 aliphatic rings. The van der Waals surface area contributed by atoms with Gasteiger partial charge in [0, 0.05) is 34.9 Å². The lowest BCUT2D eigenvalue weighted by molar-refractivity contribution is -0.0196. The van der Waals surface area contributed by atoms with E-state index in [4.69, 9.17) is 23.2 Å². The van der Waals surface area contributed by atoms with Crippen molar-refractivity contribution in [3.8, 4) is 6.07 Å². The Morgan fingerprint density at radius 2 is 1.81 bits per heavy atom. The first-order chi connectivity index (χ1) is 15.2. The number of urea groups is 1. The van der Waals surface area contributed by atoms with Gasteiger partial charge in [-0.05, 0) is 75.7 Å². The van der Waals surface area contributed by atoms with E-state index in [-0.39, 0.29) is 12.1 Å². The molecule has 2 amide bonds. The third-order valence-electron chi connectivity index (χ3n) is 5.91. The number of hydrogen-bond acceptors (Lipinski definition) is 4. The summed E-state index contributed by atoms with van der Waals surface area (Å²) in [5.41, 5.74) is 0.842. The molecular weight excluding hydrogens is 447 g/mol. The SMILES string of the molecule is CN(C)CCN(C(=O)Nc1cc(Cl)cc(Cl)c1)C1CCC(O)(c2cccc(C#N)c2)CC1. The number of rotatable bonds is 6. The summed E-state index contributed by atoms with van der Waals surface area (Å²) in [6.45, 7) is 1.27. The van der Waals surface area contributed by atoms with Crippen LogP contribution in [-0.4, -0.2) is 54.2 Å². The van der Waals surface area contributed by atoms with E-state index in [0.717, 1.165) is 5.56 Å². The Morgan fingerprint density at radius 1 is 1.16 bits per heavy atom. The van der Waals surface area contributed by atoms with Crippen LogP contribution in [0.1, 0.15) is 36.8 Å². The highest BCUT2D eigenvalue weighted by atomic mass is 35.5. The van der Waals surface area contributed by atoms with Crippen LogP contribution < -0.4 is 5.32 Å². The molecule has 3 rings (SSSR count). The molecule has 2 aromatic rings. The van der Waals surface area contributed by atoms with Crippen LogP contribution in [0.15, 0.2) is 42.5 Å². The average Bonchev–Trinajstić information content (AvgIpc) is 2.74. The summed E-state index contributed by atoms with van der Waals surface area (Å²) in [7, 11) is 3.93. The minimum absolute atomic E-state index is 0.0102. The van der Waals surface area contributed by atoms with Gasteiger partial charge in [-0.15, -0.1) is 0 Å². The molecule has 1 saturated carbocycles. The van der Waals surface area contributed by atoms with Crippen LogP contribution in [0, 0.1) is 11.3 Å². The molecule has 0 aromatic heterocycles. The van der Waals surface area contributed by atoms with Gasteiger partial charge in [0.1, 0.15) is 0 Å². The van der Waals surface area contributed by atoms with Crippen molar-refractivity contribution in [2.24, 2.45) is 0 Å². The number of amides is 2. The second-order valence-electron chi connectivity index (χ2n) is 8.54. The minimum atomic E-state index is -0.993. The first-order valence-electron chi connectivity index (χ1n) is 10.6. The van der Waals surface area contributed by atoms with Crippen LogP contribution in [0.5, 0.6) is 0 Å². The van der Waals surface area contributed by atoms with Crippen molar-refractivity contribution in [1.29, 1.82) is 5.26 Å². The lowest BCUT2D eigenvalue weighted by atomic mass is 9.77. The van der Waals surface area contributed by atoms with Crippen LogP contribution in [-0.2, 0) is 5.60 Å². The monoisotopic (exact) mass is 474 g/mol. The summed E-state index contributed by atoms with van der Waals surface area (Å²) in [5, 5.41) is 24.2. The highest BCUT2D eigenvalue weighted by Gasteiger charge is 2.38. The third kappa shape index (κ3) is 6.14. The summed E-state index contributed by atoms with van der Waals surface area (Å²) in [6, 6.07) is 14.0. The number of aliphatic hydroxyl groups is 1. The van der Waals surface area contributed by atoms with Gasteiger partial charge in [-0.3, -0.25) is 0 Å². The smallest absolute Gasteiger partial charge is 0.322 e. The number of benzene rings is 2. The molecule has 6 nitrogen and oxygen atoms in total. The standard InChI is InChI=1S/C24H28Cl2N4O2/c1-29(2)10-11-30(23(31)28-21-14-19(25)13-20(26)15-21)22-6-8-24(32,9-7-22)18-5-3-4-17(12-18)16-27/h3-5,12-15,22,32H,6-11H2,1-2H3,(H,28,31). The molecule has 0 aliphatic heterocycles. The molecule has 0 saturated heterocycles. The predicted molar refractivity (Wildman–Crippen MR) is 128 cm³/mol. The fourth-order valence-electron chi connectivity index (χ4n) is 4.14. The summed E-state index contributed by atoms with van der Waals surface area (Å²) in [6.07, 6.45) is 2.34. The molecular formula is C24H28Cl2N4O2. The van der Waals surface area contributed by atoms with E-state index < -0.39 is 5.60 Å². The zero-order valence-electron chi connectivity index (χ0n) is 18.3. The van der Waals surface area contributed by atoms with Crippen molar-refractivity contribution < 1.29 is 9.90 Å². The molecule has 1 fully saturated rings. The molecule has 0 heterocycles. The van der Waals surface area contributed by atoms with E-state index in [2.05, 4.69) is 11.4 Å². The number of anilines is 1. The van der Waals surface area contributed by atoms with Crippen molar-refractivity contribution in [3.63, 3.8) is 0 Å². The molecule has 0 radical (unpaired) electrons. The van der Waals surface area contributed by atoms with Crippen LogP contribution in [0.4, 0.5) is 10.5 Å². The highest BCUT2D eigenvalue weighted by Crippen LogP contribution is 2.39. The van der Waals surface area contributed by atoms with Crippen LogP contribution in [0.2, 0.25) is 10.0 Å². The topological polar surface area (TPSA) is 79.6 Å². The fourth-order valence-corrected chi connectivity index (χ4v) is 4.66. The molecule has 1 aliphatic carbocycles. The third-order valence-corrected chi connectivity index (χ3v) is 6.35. The maximum Gasteiger partial charge on any atom is 0.322 e. The van der Waals surface area contributed by atoms with Gasteiger partial charge < -0.3 is 20.2 Å². The number of likely N-dealkylation sites (N-methyl/N-ethyl adjacent to an activating group) is 1. The van der Waals surface area contributed by atoms with Gasteiger partial charge in [0.2, 0.25) is 0 Å². The Bertz CT molecular complexity index is 977.